The standard InChI is InChI=1S/C19H20N4O2S/c24-19(25)15-4-1-3-14(11-15)18-13-23(21-20-18)16-6-8-22(9-7-16)12-17-5-2-10-26-17/h1-5,10-11,13,16H,6-9,12H2,(H,24,25). The molecule has 0 atom stereocenters. The summed E-state index contributed by atoms with van der Waals surface area (Å²) in [6, 6.07) is 11.5. The van der Waals surface area contributed by atoms with Crippen LogP contribution in [-0.2, 0) is 6.54 Å². The van der Waals surface area contributed by atoms with Gasteiger partial charge in [0, 0.05) is 30.1 Å². The fourth-order valence-electron chi connectivity index (χ4n) is 3.36. The second kappa shape index (κ2) is 7.39. The lowest BCUT2D eigenvalue weighted by molar-refractivity contribution is 0.0697. The highest BCUT2D eigenvalue weighted by molar-refractivity contribution is 7.09. The van der Waals surface area contributed by atoms with Crippen LogP contribution in [0.2, 0.25) is 0 Å². The van der Waals surface area contributed by atoms with Gasteiger partial charge in [0.1, 0.15) is 5.69 Å². The van der Waals surface area contributed by atoms with Crippen molar-refractivity contribution in [3.8, 4) is 11.3 Å². The quantitative estimate of drug-likeness (QED) is 0.746. The minimum absolute atomic E-state index is 0.263. The lowest BCUT2D eigenvalue weighted by Crippen LogP contribution is -2.34. The molecule has 0 amide bonds. The molecule has 0 aliphatic carbocycles. The van der Waals surface area contributed by atoms with Crippen LogP contribution >= 0.6 is 11.3 Å². The zero-order chi connectivity index (χ0) is 17.9. The number of carboxylic acid groups (broad SMARTS) is 1. The van der Waals surface area contributed by atoms with Crippen LogP contribution in [0.3, 0.4) is 0 Å². The molecule has 7 heteroatoms. The first-order valence-electron chi connectivity index (χ1n) is 8.69. The van der Waals surface area contributed by atoms with Crippen molar-refractivity contribution in [2.75, 3.05) is 13.1 Å². The third kappa shape index (κ3) is 3.68. The van der Waals surface area contributed by atoms with E-state index in [4.69, 9.17) is 5.11 Å². The zero-order valence-electron chi connectivity index (χ0n) is 14.3. The SMILES string of the molecule is O=C(O)c1cccc(-c2cn(C3CCN(Cc4cccs4)CC3)nn2)c1. The van der Waals surface area contributed by atoms with Crippen LogP contribution in [0.25, 0.3) is 11.3 Å². The molecule has 26 heavy (non-hydrogen) atoms. The predicted molar refractivity (Wildman–Crippen MR) is 100 cm³/mol. The van der Waals surface area contributed by atoms with Crippen molar-refractivity contribution in [2.45, 2.75) is 25.4 Å². The van der Waals surface area contributed by atoms with E-state index in [0.29, 0.717) is 11.7 Å². The maximum absolute atomic E-state index is 11.1. The molecule has 4 rings (SSSR count). The second-order valence-corrected chi connectivity index (χ2v) is 7.59. The number of benzene rings is 1. The van der Waals surface area contributed by atoms with Crippen molar-refractivity contribution in [2.24, 2.45) is 0 Å². The molecule has 0 spiro atoms. The zero-order valence-corrected chi connectivity index (χ0v) is 15.1. The van der Waals surface area contributed by atoms with Crippen LogP contribution in [0, 0.1) is 0 Å². The average Bonchev–Trinajstić information content (AvgIpc) is 3.34. The molecule has 3 aromatic rings. The van der Waals surface area contributed by atoms with Gasteiger partial charge in [0.15, 0.2) is 0 Å². The summed E-state index contributed by atoms with van der Waals surface area (Å²) in [5.41, 5.74) is 1.76. The number of thiophene rings is 1. The van der Waals surface area contributed by atoms with Crippen LogP contribution in [0.4, 0.5) is 0 Å². The molecule has 1 aliphatic heterocycles. The van der Waals surface area contributed by atoms with Gasteiger partial charge in [0.25, 0.3) is 0 Å². The number of rotatable bonds is 5. The average molecular weight is 368 g/mol. The number of aromatic carboxylic acids is 1. The first kappa shape index (κ1) is 16.9. The Morgan fingerprint density at radius 1 is 1.23 bits per heavy atom. The van der Waals surface area contributed by atoms with Gasteiger partial charge in [0.2, 0.25) is 0 Å². The Hall–Kier alpha value is -2.51. The van der Waals surface area contributed by atoms with Gasteiger partial charge in [-0.25, -0.2) is 9.48 Å². The monoisotopic (exact) mass is 368 g/mol. The van der Waals surface area contributed by atoms with Crippen molar-refractivity contribution in [1.82, 2.24) is 19.9 Å². The molecule has 1 N–H and O–H groups in total. The van der Waals surface area contributed by atoms with Gasteiger partial charge in [-0.2, -0.15) is 0 Å². The largest absolute Gasteiger partial charge is 0.478 e. The summed E-state index contributed by atoms with van der Waals surface area (Å²) in [6.45, 7) is 3.12. The molecule has 1 aliphatic rings. The number of carboxylic acids is 1. The highest BCUT2D eigenvalue weighted by Crippen LogP contribution is 2.26. The van der Waals surface area contributed by atoms with Crippen molar-refractivity contribution in [1.29, 1.82) is 0 Å². The Morgan fingerprint density at radius 2 is 2.08 bits per heavy atom. The first-order valence-corrected chi connectivity index (χ1v) is 9.57. The van der Waals surface area contributed by atoms with Gasteiger partial charge in [-0.3, -0.25) is 4.90 Å². The van der Waals surface area contributed by atoms with Gasteiger partial charge in [-0.1, -0.05) is 23.4 Å². The fraction of sp³-hybridized carbons (Fsp3) is 0.316. The third-order valence-electron chi connectivity index (χ3n) is 4.81. The van der Waals surface area contributed by atoms with E-state index in [0.717, 1.165) is 38.0 Å². The molecule has 3 heterocycles. The number of likely N-dealkylation sites (tertiary alicyclic amines) is 1. The molecule has 1 aromatic carbocycles. The van der Waals surface area contributed by atoms with Crippen molar-refractivity contribution >= 4 is 17.3 Å². The number of hydrogen-bond donors (Lipinski definition) is 1. The van der Waals surface area contributed by atoms with Gasteiger partial charge >= 0.3 is 5.97 Å². The number of piperidine rings is 1. The summed E-state index contributed by atoms with van der Waals surface area (Å²) in [5.74, 6) is -0.933. The van der Waals surface area contributed by atoms with E-state index in [9.17, 15) is 4.79 Å². The Morgan fingerprint density at radius 3 is 2.81 bits per heavy atom. The van der Waals surface area contributed by atoms with E-state index >= 15 is 0 Å². The van der Waals surface area contributed by atoms with Gasteiger partial charge in [0.05, 0.1) is 17.8 Å². The summed E-state index contributed by atoms with van der Waals surface area (Å²) in [4.78, 5) is 15.0. The highest BCUT2D eigenvalue weighted by Gasteiger charge is 2.22. The number of nitrogens with zero attached hydrogens (tertiary/aromatic N) is 4. The van der Waals surface area contributed by atoms with E-state index in [1.54, 1.807) is 29.5 Å². The minimum Gasteiger partial charge on any atom is -0.478 e. The van der Waals surface area contributed by atoms with Crippen LogP contribution < -0.4 is 0 Å². The van der Waals surface area contributed by atoms with E-state index in [-0.39, 0.29) is 5.56 Å². The van der Waals surface area contributed by atoms with Crippen LogP contribution in [0.1, 0.15) is 34.1 Å². The van der Waals surface area contributed by atoms with Crippen LogP contribution in [0.5, 0.6) is 0 Å². The Kier molecular flexibility index (Phi) is 4.81. The lowest BCUT2D eigenvalue weighted by atomic mass is 10.0. The number of carbonyl (C=O) groups is 1. The number of hydrogen-bond acceptors (Lipinski definition) is 5. The van der Waals surface area contributed by atoms with E-state index in [1.807, 2.05) is 16.9 Å². The van der Waals surface area contributed by atoms with Crippen LogP contribution in [-0.4, -0.2) is 44.1 Å². The molecule has 0 bridgehead atoms. The smallest absolute Gasteiger partial charge is 0.335 e. The van der Waals surface area contributed by atoms with E-state index in [2.05, 4.69) is 32.7 Å². The van der Waals surface area contributed by atoms with Crippen molar-refractivity contribution < 1.29 is 9.90 Å². The third-order valence-corrected chi connectivity index (χ3v) is 5.67. The van der Waals surface area contributed by atoms with E-state index < -0.39 is 5.97 Å². The molecular weight excluding hydrogens is 348 g/mol. The topological polar surface area (TPSA) is 71.2 Å². The molecule has 6 nitrogen and oxygen atoms in total. The van der Waals surface area contributed by atoms with Gasteiger partial charge in [-0.15, -0.1) is 16.4 Å². The molecule has 0 unspecified atom stereocenters. The molecule has 1 saturated heterocycles. The summed E-state index contributed by atoms with van der Waals surface area (Å²) >= 11 is 1.81. The van der Waals surface area contributed by atoms with Crippen molar-refractivity contribution in [3.05, 3.63) is 58.4 Å². The van der Waals surface area contributed by atoms with Crippen molar-refractivity contribution in [3.63, 3.8) is 0 Å². The molecule has 0 radical (unpaired) electrons. The minimum atomic E-state index is -0.933. The normalized spacial score (nSPS) is 16.0. The maximum atomic E-state index is 11.1. The second-order valence-electron chi connectivity index (χ2n) is 6.56. The lowest BCUT2D eigenvalue weighted by Gasteiger charge is -2.31. The molecule has 0 saturated carbocycles. The fourth-order valence-corrected chi connectivity index (χ4v) is 4.11. The van der Waals surface area contributed by atoms with Gasteiger partial charge < -0.3 is 5.11 Å². The first-order chi connectivity index (χ1) is 12.7. The van der Waals surface area contributed by atoms with Gasteiger partial charge in [-0.05, 0) is 36.4 Å². The molecule has 2 aromatic heterocycles. The Labute approximate surface area is 155 Å². The Balaban J connectivity index is 1.41. The van der Waals surface area contributed by atoms with E-state index in [1.165, 1.54) is 4.88 Å². The summed E-state index contributed by atoms with van der Waals surface area (Å²) in [5, 5.41) is 19.8. The highest BCUT2D eigenvalue weighted by atomic mass is 32.1. The summed E-state index contributed by atoms with van der Waals surface area (Å²) in [7, 11) is 0. The maximum Gasteiger partial charge on any atom is 0.335 e. The molecule has 1 fully saturated rings. The van der Waals surface area contributed by atoms with Crippen LogP contribution in [0.15, 0.2) is 48.0 Å². The predicted octanol–water partition coefficient (Wildman–Crippen LogP) is 3.54. The number of aromatic nitrogens is 3. The molecular formula is C19H20N4O2S. The summed E-state index contributed by atoms with van der Waals surface area (Å²) < 4.78 is 1.94. The summed E-state index contributed by atoms with van der Waals surface area (Å²) in [6.07, 6.45) is 4.02. The molecule has 134 valence electrons. The Bertz CT molecular complexity index is 883.